The van der Waals surface area contributed by atoms with Crippen LogP contribution in [0.1, 0.15) is 0 Å². The number of benzene rings is 9. The third-order valence-corrected chi connectivity index (χ3v) is 10.6. The van der Waals surface area contributed by atoms with Crippen LogP contribution in [0.15, 0.2) is 182 Å². The van der Waals surface area contributed by atoms with Crippen molar-refractivity contribution in [3.8, 4) is 39.9 Å². The molecule has 11 aromatic rings. The van der Waals surface area contributed by atoms with E-state index in [0.29, 0.717) is 17.5 Å². The Labute approximate surface area is 305 Å². The fourth-order valence-electron chi connectivity index (χ4n) is 8.22. The van der Waals surface area contributed by atoms with Crippen LogP contribution >= 0.6 is 0 Å². The number of hydrogen-bond donors (Lipinski definition) is 0. The van der Waals surface area contributed by atoms with Gasteiger partial charge in [0.1, 0.15) is 0 Å². The molecule has 0 fully saturated rings. The zero-order valence-electron chi connectivity index (χ0n) is 28.6. The molecule has 0 saturated heterocycles. The molecule has 0 spiro atoms. The van der Waals surface area contributed by atoms with Crippen LogP contribution in [-0.4, -0.2) is 19.5 Å². The third kappa shape index (κ3) is 4.59. The van der Waals surface area contributed by atoms with E-state index in [9.17, 15) is 0 Å². The lowest BCUT2D eigenvalue weighted by Gasteiger charge is -2.17. The van der Waals surface area contributed by atoms with Crippen molar-refractivity contribution >= 4 is 64.9 Å². The molecule has 2 aromatic heterocycles. The fraction of sp³-hybridized carbons (Fsp3) is 0. The number of aromatic nitrogens is 4. The highest BCUT2D eigenvalue weighted by atomic mass is 15.1. The number of hydrogen-bond acceptors (Lipinski definition) is 3. The topological polar surface area (TPSA) is 43.6 Å². The van der Waals surface area contributed by atoms with Crippen molar-refractivity contribution in [1.82, 2.24) is 19.5 Å². The molecule has 0 radical (unpaired) electrons. The van der Waals surface area contributed by atoms with Crippen molar-refractivity contribution in [3.05, 3.63) is 182 Å². The minimum atomic E-state index is 0.627. The van der Waals surface area contributed by atoms with Gasteiger partial charge in [-0.1, -0.05) is 164 Å². The van der Waals surface area contributed by atoms with E-state index in [2.05, 4.69) is 150 Å². The predicted molar refractivity (Wildman–Crippen MR) is 220 cm³/mol. The second-order valence-electron chi connectivity index (χ2n) is 13.6. The van der Waals surface area contributed by atoms with Crippen LogP contribution in [0, 0.1) is 0 Å². The SMILES string of the molecule is c1ccc(-c2nc(-c3ccccc3)nc(-c3ccc4ccccc4c3-n3c4ccccc4c4c5c(ccc6ccc7ccccc7c65)ccc43)n2)cc1. The van der Waals surface area contributed by atoms with Crippen molar-refractivity contribution in [2.75, 3.05) is 0 Å². The smallest absolute Gasteiger partial charge is 0.166 e. The van der Waals surface area contributed by atoms with Gasteiger partial charge in [-0.2, -0.15) is 0 Å². The van der Waals surface area contributed by atoms with Gasteiger partial charge in [-0.15, -0.1) is 0 Å². The first-order chi connectivity index (χ1) is 26.3. The van der Waals surface area contributed by atoms with E-state index >= 15 is 0 Å². The molecule has 0 atom stereocenters. The molecule has 0 aliphatic carbocycles. The lowest BCUT2D eigenvalue weighted by Crippen LogP contribution is -2.04. The average Bonchev–Trinajstić information content (AvgIpc) is 3.57. The lowest BCUT2D eigenvalue weighted by molar-refractivity contribution is 1.07. The molecule has 0 unspecified atom stereocenters. The molecule has 0 aliphatic rings. The zero-order valence-corrected chi connectivity index (χ0v) is 28.6. The molecule has 0 amide bonds. The Hall–Kier alpha value is -7.17. The van der Waals surface area contributed by atoms with Crippen LogP contribution in [-0.2, 0) is 0 Å². The first-order valence-corrected chi connectivity index (χ1v) is 18.0. The molecule has 11 rings (SSSR count). The molecule has 0 aliphatic heterocycles. The Morgan fingerprint density at radius 1 is 0.302 bits per heavy atom. The normalized spacial score (nSPS) is 11.8. The maximum absolute atomic E-state index is 5.23. The van der Waals surface area contributed by atoms with Gasteiger partial charge in [0.25, 0.3) is 0 Å². The van der Waals surface area contributed by atoms with Crippen LogP contribution in [0.2, 0.25) is 0 Å². The fourth-order valence-corrected chi connectivity index (χ4v) is 8.22. The molecule has 246 valence electrons. The summed E-state index contributed by atoms with van der Waals surface area (Å²) in [6, 6.07) is 64.5. The molecule has 2 heterocycles. The summed E-state index contributed by atoms with van der Waals surface area (Å²) in [4.78, 5) is 15.5. The molecule has 4 nitrogen and oxygen atoms in total. The van der Waals surface area contributed by atoms with Crippen LogP contribution < -0.4 is 0 Å². The first-order valence-electron chi connectivity index (χ1n) is 18.0. The Balaban J connectivity index is 1.30. The second kappa shape index (κ2) is 11.7. The minimum Gasteiger partial charge on any atom is -0.308 e. The predicted octanol–water partition coefficient (Wildman–Crippen LogP) is 12.6. The van der Waals surface area contributed by atoms with E-state index in [1.165, 1.54) is 43.1 Å². The number of fused-ring (bicyclic) bond motifs is 10. The van der Waals surface area contributed by atoms with Gasteiger partial charge < -0.3 is 4.57 Å². The highest BCUT2D eigenvalue weighted by Crippen LogP contribution is 2.44. The molecule has 0 N–H and O–H groups in total. The van der Waals surface area contributed by atoms with Gasteiger partial charge in [0, 0.05) is 38.2 Å². The molecule has 4 heteroatoms. The van der Waals surface area contributed by atoms with Crippen molar-refractivity contribution in [1.29, 1.82) is 0 Å². The van der Waals surface area contributed by atoms with Gasteiger partial charge in [0.05, 0.1) is 16.7 Å². The maximum atomic E-state index is 5.23. The molecule has 0 bridgehead atoms. The first kappa shape index (κ1) is 29.5. The lowest BCUT2D eigenvalue weighted by atomic mass is 9.93. The summed E-state index contributed by atoms with van der Waals surface area (Å²) in [5.41, 5.74) is 6.13. The van der Waals surface area contributed by atoms with E-state index in [-0.39, 0.29) is 0 Å². The standard InChI is InChI=1S/C49H30N4/c1-3-15-35(16-4-1)47-50-48(36-17-5-2-6-18-36)52-49(51-47)40-29-27-32-14-8-10-20-38(32)46(40)53-41-22-12-11-21-39(41)45-42(53)30-28-34-26-25-33-24-23-31-13-7-9-19-37(31)43(33)44(34)45/h1-30H. The maximum Gasteiger partial charge on any atom is 0.166 e. The summed E-state index contributed by atoms with van der Waals surface area (Å²) in [6.45, 7) is 0. The van der Waals surface area contributed by atoms with Gasteiger partial charge in [-0.05, 0) is 50.5 Å². The highest BCUT2D eigenvalue weighted by Gasteiger charge is 2.23. The third-order valence-electron chi connectivity index (χ3n) is 10.6. The molecule has 53 heavy (non-hydrogen) atoms. The van der Waals surface area contributed by atoms with Gasteiger partial charge in [-0.25, -0.2) is 15.0 Å². The summed E-state index contributed by atoms with van der Waals surface area (Å²) in [6.07, 6.45) is 0. The van der Waals surface area contributed by atoms with Crippen molar-refractivity contribution in [3.63, 3.8) is 0 Å². The van der Waals surface area contributed by atoms with Gasteiger partial charge >= 0.3 is 0 Å². The molecular formula is C49H30N4. The summed E-state index contributed by atoms with van der Waals surface area (Å²) in [7, 11) is 0. The summed E-state index contributed by atoms with van der Waals surface area (Å²) in [5.74, 6) is 1.90. The number of para-hydroxylation sites is 1. The van der Waals surface area contributed by atoms with Crippen LogP contribution in [0.3, 0.4) is 0 Å². The quantitative estimate of drug-likeness (QED) is 0.175. The van der Waals surface area contributed by atoms with E-state index in [1.807, 2.05) is 36.4 Å². The summed E-state index contributed by atoms with van der Waals surface area (Å²) < 4.78 is 2.44. The zero-order chi connectivity index (χ0) is 34.9. The molecular weight excluding hydrogens is 645 g/mol. The van der Waals surface area contributed by atoms with E-state index in [4.69, 9.17) is 15.0 Å². The number of rotatable bonds is 4. The largest absolute Gasteiger partial charge is 0.308 e. The summed E-state index contributed by atoms with van der Waals surface area (Å²) in [5, 5.41) is 12.2. The summed E-state index contributed by atoms with van der Waals surface area (Å²) >= 11 is 0. The Morgan fingerprint density at radius 2 is 0.792 bits per heavy atom. The van der Waals surface area contributed by atoms with E-state index in [0.717, 1.165) is 44.2 Å². The van der Waals surface area contributed by atoms with E-state index in [1.54, 1.807) is 0 Å². The van der Waals surface area contributed by atoms with Crippen LogP contribution in [0.4, 0.5) is 0 Å². The van der Waals surface area contributed by atoms with Crippen LogP contribution in [0.25, 0.3) is 105 Å². The Morgan fingerprint density at radius 3 is 1.49 bits per heavy atom. The minimum absolute atomic E-state index is 0.627. The number of nitrogens with zero attached hydrogens (tertiary/aromatic N) is 4. The van der Waals surface area contributed by atoms with E-state index < -0.39 is 0 Å². The average molecular weight is 675 g/mol. The van der Waals surface area contributed by atoms with Gasteiger partial charge in [-0.3, -0.25) is 0 Å². The van der Waals surface area contributed by atoms with Crippen LogP contribution in [0.5, 0.6) is 0 Å². The van der Waals surface area contributed by atoms with Crippen molar-refractivity contribution in [2.45, 2.75) is 0 Å². The van der Waals surface area contributed by atoms with Crippen molar-refractivity contribution < 1.29 is 0 Å². The Kier molecular flexibility index (Phi) is 6.52. The monoisotopic (exact) mass is 674 g/mol. The van der Waals surface area contributed by atoms with Gasteiger partial charge in [0.2, 0.25) is 0 Å². The second-order valence-corrected chi connectivity index (χ2v) is 13.6. The van der Waals surface area contributed by atoms with Gasteiger partial charge in [0.15, 0.2) is 17.5 Å². The highest BCUT2D eigenvalue weighted by molar-refractivity contribution is 6.32. The molecule has 0 saturated carbocycles. The molecule has 9 aromatic carbocycles. The van der Waals surface area contributed by atoms with Crippen molar-refractivity contribution in [2.24, 2.45) is 0 Å². The Bertz CT molecular complexity index is 3160.